The SMILES string of the molecule is [CH](C1CCNCC1)C1CCCCN1. The van der Waals surface area contributed by atoms with Gasteiger partial charge in [-0.3, -0.25) is 0 Å². The van der Waals surface area contributed by atoms with Gasteiger partial charge in [0.05, 0.1) is 0 Å². The molecule has 0 amide bonds. The molecule has 2 N–H and O–H groups in total. The van der Waals surface area contributed by atoms with E-state index in [1.807, 2.05) is 0 Å². The maximum Gasteiger partial charge on any atom is 0.0101 e. The Morgan fingerprint density at radius 1 is 0.923 bits per heavy atom. The summed E-state index contributed by atoms with van der Waals surface area (Å²) in [5.41, 5.74) is 0. The van der Waals surface area contributed by atoms with Gasteiger partial charge in [-0.15, -0.1) is 0 Å². The first-order valence-corrected chi connectivity index (χ1v) is 5.74. The Bertz CT molecular complexity index is 119. The van der Waals surface area contributed by atoms with E-state index < -0.39 is 0 Å². The van der Waals surface area contributed by atoms with Crippen molar-refractivity contribution in [3.63, 3.8) is 0 Å². The Hall–Kier alpha value is -0.0800. The van der Waals surface area contributed by atoms with Gasteiger partial charge in [0.2, 0.25) is 0 Å². The van der Waals surface area contributed by atoms with Crippen molar-refractivity contribution in [3.05, 3.63) is 6.42 Å². The molecule has 2 fully saturated rings. The number of rotatable bonds is 2. The number of hydrogen-bond donors (Lipinski definition) is 2. The number of hydrogen-bond acceptors (Lipinski definition) is 2. The highest BCUT2D eigenvalue weighted by molar-refractivity contribution is 4.92. The van der Waals surface area contributed by atoms with E-state index in [1.165, 1.54) is 51.7 Å². The molecule has 2 nitrogen and oxygen atoms in total. The molecule has 1 radical (unpaired) electrons. The lowest BCUT2D eigenvalue weighted by Crippen LogP contribution is -2.38. The molecule has 0 spiro atoms. The molecule has 75 valence electrons. The van der Waals surface area contributed by atoms with E-state index in [-0.39, 0.29) is 0 Å². The molecule has 2 saturated heterocycles. The third kappa shape index (κ3) is 2.96. The first-order chi connectivity index (χ1) is 6.45. The molecule has 0 aromatic rings. The van der Waals surface area contributed by atoms with Crippen molar-refractivity contribution in [1.29, 1.82) is 0 Å². The van der Waals surface area contributed by atoms with Crippen LogP contribution in [0.2, 0.25) is 0 Å². The minimum Gasteiger partial charge on any atom is -0.317 e. The van der Waals surface area contributed by atoms with Crippen LogP contribution in [0.5, 0.6) is 0 Å². The molecule has 2 heteroatoms. The molecular weight excluding hydrogens is 160 g/mol. The molecule has 2 heterocycles. The largest absolute Gasteiger partial charge is 0.317 e. The van der Waals surface area contributed by atoms with Crippen molar-refractivity contribution in [2.45, 2.75) is 38.1 Å². The topological polar surface area (TPSA) is 24.1 Å². The van der Waals surface area contributed by atoms with Gasteiger partial charge >= 0.3 is 0 Å². The van der Waals surface area contributed by atoms with E-state index in [9.17, 15) is 0 Å². The van der Waals surface area contributed by atoms with Gasteiger partial charge in [0, 0.05) is 6.04 Å². The molecule has 0 bridgehead atoms. The first-order valence-electron chi connectivity index (χ1n) is 5.74. The van der Waals surface area contributed by atoms with Gasteiger partial charge in [-0.05, 0) is 57.7 Å². The second kappa shape index (κ2) is 4.97. The third-order valence-corrected chi connectivity index (χ3v) is 3.24. The van der Waals surface area contributed by atoms with Gasteiger partial charge in [0.1, 0.15) is 0 Å². The Balaban J connectivity index is 1.69. The smallest absolute Gasteiger partial charge is 0.0101 e. The van der Waals surface area contributed by atoms with Gasteiger partial charge in [0.25, 0.3) is 0 Å². The van der Waals surface area contributed by atoms with E-state index in [0.717, 1.165) is 12.0 Å². The van der Waals surface area contributed by atoms with Crippen molar-refractivity contribution >= 4 is 0 Å². The fourth-order valence-corrected chi connectivity index (χ4v) is 2.41. The summed E-state index contributed by atoms with van der Waals surface area (Å²) in [7, 11) is 0. The summed E-state index contributed by atoms with van der Waals surface area (Å²) < 4.78 is 0. The highest BCUT2D eigenvalue weighted by Gasteiger charge is 2.20. The van der Waals surface area contributed by atoms with Crippen molar-refractivity contribution < 1.29 is 0 Å². The molecule has 0 aromatic carbocycles. The van der Waals surface area contributed by atoms with Crippen molar-refractivity contribution in [3.8, 4) is 0 Å². The first kappa shape index (κ1) is 9.47. The molecule has 1 atom stereocenters. The summed E-state index contributed by atoms with van der Waals surface area (Å²) in [5, 5.41) is 7.00. The molecule has 0 aliphatic carbocycles. The summed E-state index contributed by atoms with van der Waals surface area (Å²) in [6.45, 7) is 3.66. The highest BCUT2D eigenvalue weighted by Crippen LogP contribution is 2.20. The minimum atomic E-state index is 0.719. The fraction of sp³-hybridized carbons (Fsp3) is 0.909. The Kier molecular flexibility index (Phi) is 3.62. The second-order valence-corrected chi connectivity index (χ2v) is 4.34. The van der Waals surface area contributed by atoms with Crippen molar-refractivity contribution in [1.82, 2.24) is 10.6 Å². The van der Waals surface area contributed by atoms with Crippen LogP contribution in [0.15, 0.2) is 0 Å². The summed E-state index contributed by atoms with van der Waals surface area (Å²) in [5.74, 6) is 0.872. The summed E-state index contributed by atoms with van der Waals surface area (Å²) in [6, 6.07) is 0.719. The van der Waals surface area contributed by atoms with Crippen LogP contribution in [-0.2, 0) is 0 Å². The van der Waals surface area contributed by atoms with E-state index in [0.29, 0.717) is 0 Å². The van der Waals surface area contributed by atoms with Crippen LogP contribution in [0.1, 0.15) is 32.1 Å². The van der Waals surface area contributed by atoms with Gasteiger partial charge in [0.15, 0.2) is 0 Å². The third-order valence-electron chi connectivity index (χ3n) is 3.24. The van der Waals surface area contributed by atoms with Gasteiger partial charge < -0.3 is 10.6 Å². The van der Waals surface area contributed by atoms with Crippen LogP contribution < -0.4 is 10.6 Å². The van der Waals surface area contributed by atoms with Gasteiger partial charge in [-0.1, -0.05) is 6.42 Å². The van der Waals surface area contributed by atoms with Gasteiger partial charge in [-0.2, -0.15) is 0 Å². The zero-order valence-corrected chi connectivity index (χ0v) is 8.39. The average Bonchev–Trinajstić information content (AvgIpc) is 2.21. The normalized spacial score (nSPS) is 31.8. The van der Waals surface area contributed by atoms with Crippen LogP contribution in [0.4, 0.5) is 0 Å². The molecule has 2 rings (SSSR count). The van der Waals surface area contributed by atoms with Crippen LogP contribution in [0.25, 0.3) is 0 Å². The standard InChI is InChI=1S/C11H21N2/c1-2-6-13-11(3-1)9-10-4-7-12-8-5-10/h9-13H,1-8H2. The zero-order chi connectivity index (χ0) is 8.93. The highest BCUT2D eigenvalue weighted by atomic mass is 14.9. The van der Waals surface area contributed by atoms with E-state index in [1.54, 1.807) is 0 Å². The quantitative estimate of drug-likeness (QED) is 0.671. The Labute approximate surface area is 81.5 Å². The van der Waals surface area contributed by atoms with E-state index in [2.05, 4.69) is 17.1 Å². The molecule has 2 aliphatic rings. The predicted octanol–water partition coefficient (Wildman–Crippen LogP) is 1.33. The van der Waals surface area contributed by atoms with Crippen LogP contribution in [-0.4, -0.2) is 25.7 Å². The monoisotopic (exact) mass is 181 g/mol. The van der Waals surface area contributed by atoms with E-state index in [4.69, 9.17) is 0 Å². The van der Waals surface area contributed by atoms with Crippen LogP contribution >= 0.6 is 0 Å². The Morgan fingerprint density at radius 3 is 2.46 bits per heavy atom. The molecule has 0 aromatic heterocycles. The molecular formula is C11H21N2. The van der Waals surface area contributed by atoms with Crippen molar-refractivity contribution in [2.75, 3.05) is 19.6 Å². The average molecular weight is 181 g/mol. The van der Waals surface area contributed by atoms with E-state index >= 15 is 0 Å². The maximum absolute atomic E-state index is 3.59. The number of nitrogens with one attached hydrogen (secondary N) is 2. The van der Waals surface area contributed by atoms with Crippen molar-refractivity contribution in [2.24, 2.45) is 5.92 Å². The molecule has 13 heavy (non-hydrogen) atoms. The summed E-state index contributed by atoms with van der Waals surface area (Å²) in [6.07, 6.45) is 9.41. The van der Waals surface area contributed by atoms with Crippen LogP contribution in [0, 0.1) is 12.3 Å². The molecule has 0 saturated carbocycles. The van der Waals surface area contributed by atoms with Gasteiger partial charge in [-0.25, -0.2) is 0 Å². The molecule has 2 aliphatic heterocycles. The lowest BCUT2D eigenvalue weighted by atomic mass is 9.88. The summed E-state index contributed by atoms with van der Waals surface area (Å²) in [4.78, 5) is 0. The Morgan fingerprint density at radius 2 is 1.77 bits per heavy atom. The summed E-state index contributed by atoms with van der Waals surface area (Å²) >= 11 is 0. The molecule has 1 unspecified atom stereocenters. The predicted molar refractivity (Wildman–Crippen MR) is 55.5 cm³/mol. The second-order valence-electron chi connectivity index (χ2n) is 4.34. The zero-order valence-electron chi connectivity index (χ0n) is 8.39. The maximum atomic E-state index is 3.59. The lowest BCUT2D eigenvalue weighted by Gasteiger charge is -2.29. The fourth-order valence-electron chi connectivity index (χ4n) is 2.41. The lowest BCUT2D eigenvalue weighted by molar-refractivity contribution is 0.352. The number of piperidine rings is 2. The minimum absolute atomic E-state index is 0.719. The van der Waals surface area contributed by atoms with Crippen LogP contribution in [0.3, 0.4) is 0 Å².